The summed E-state index contributed by atoms with van der Waals surface area (Å²) in [5, 5.41) is 9.26. The summed E-state index contributed by atoms with van der Waals surface area (Å²) in [5.41, 5.74) is 6.74. The van der Waals surface area contributed by atoms with Crippen LogP contribution in [0.5, 0.6) is 0 Å². The SMILES string of the molecule is C=CCN(CC(=O)O)C(=O)c1ccc2nc(N)sc2c1. The van der Waals surface area contributed by atoms with Crippen LogP contribution in [0.4, 0.5) is 5.13 Å². The molecule has 0 spiro atoms. The maximum Gasteiger partial charge on any atom is 0.323 e. The van der Waals surface area contributed by atoms with E-state index in [2.05, 4.69) is 11.6 Å². The van der Waals surface area contributed by atoms with Gasteiger partial charge in [-0.25, -0.2) is 4.98 Å². The van der Waals surface area contributed by atoms with Gasteiger partial charge in [-0.05, 0) is 18.2 Å². The molecule has 0 unspecified atom stereocenters. The van der Waals surface area contributed by atoms with Gasteiger partial charge in [0.25, 0.3) is 5.91 Å². The molecule has 7 heteroatoms. The van der Waals surface area contributed by atoms with Crippen molar-refractivity contribution in [3.05, 3.63) is 36.4 Å². The second-order valence-corrected chi connectivity index (χ2v) is 5.16. The predicted molar refractivity (Wildman–Crippen MR) is 77.8 cm³/mol. The lowest BCUT2D eigenvalue weighted by Gasteiger charge is -2.18. The Morgan fingerprint density at radius 2 is 2.25 bits per heavy atom. The number of carbonyl (C=O) groups is 2. The highest BCUT2D eigenvalue weighted by molar-refractivity contribution is 7.22. The van der Waals surface area contributed by atoms with Gasteiger partial charge in [0.05, 0.1) is 10.2 Å². The average Bonchev–Trinajstić information content (AvgIpc) is 2.75. The summed E-state index contributed by atoms with van der Waals surface area (Å²) in [6, 6.07) is 4.98. The molecule has 0 atom stereocenters. The lowest BCUT2D eigenvalue weighted by atomic mass is 10.2. The zero-order valence-electron chi connectivity index (χ0n) is 10.6. The van der Waals surface area contributed by atoms with Crippen LogP contribution in [-0.4, -0.2) is 40.0 Å². The number of thiazole rings is 1. The van der Waals surface area contributed by atoms with E-state index in [0.717, 1.165) is 10.2 Å². The molecule has 1 aromatic heterocycles. The molecule has 0 bridgehead atoms. The summed E-state index contributed by atoms with van der Waals surface area (Å²) in [7, 11) is 0. The molecule has 20 heavy (non-hydrogen) atoms. The van der Waals surface area contributed by atoms with Gasteiger partial charge in [0, 0.05) is 12.1 Å². The number of carboxylic acids is 1. The van der Waals surface area contributed by atoms with Crippen LogP contribution >= 0.6 is 11.3 Å². The number of carbonyl (C=O) groups excluding carboxylic acids is 1. The molecule has 6 nitrogen and oxygen atoms in total. The Hall–Kier alpha value is -2.41. The second-order valence-electron chi connectivity index (χ2n) is 4.10. The number of aliphatic carboxylic acids is 1. The topological polar surface area (TPSA) is 96.5 Å². The molecule has 0 saturated heterocycles. The Morgan fingerprint density at radius 1 is 1.50 bits per heavy atom. The van der Waals surface area contributed by atoms with Gasteiger partial charge in [0.1, 0.15) is 6.54 Å². The fourth-order valence-electron chi connectivity index (χ4n) is 1.80. The number of benzene rings is 1. The van der Waals surface area contributed by atoms with Crippen molar-refractivity contribution in [3.8, 4) is 0 Å². The quantitative estimate of drug-likeness (QED) is 0.815. The largest absolute Gasteiger partial charge is 0.480 e. The summed E-state index contributed by atoms with van der Waals surface area (Å²) in [4.78, 5) is 28.4. The van der Waals surface area contributed by atoms with Crippen LogP contribution in [0.2, 0.25) is 0 Å². The van der Waals surface area contributed by atoms with Crippen LogP contribution in [0.3, 0.4) is 0 Å². The van der Waals surface area contributed by atoms with Crippen molar-refractivity contribution in [2.75, 3.05) is 18.8 Å². The lowest BCUT2D eigenvalue weighted by molar-refractivity contribution is -0.137. The van der Waals surface area contributed by atoms with E-state index in [1.807, 2.05) is 0 Å². The number of hydrogen-bond donors (Lipinski definition) is 2. The lowest BCUT2D eigenvalue weighted by Crippen LogP contribution is -2.35. The summed E-state index contributed by atoms with van der Waals surface area (Å²) < 4.78 is 0.794. The minimum atomic E-state index is -1.07. The molecule has 3 N–H and O–H groups in total. The van der Waals surface area contributed by atoms with Crippen molar-refractivity contribution >= 4 is 38.6 Å². The van der Waals surface area contributed by atoms with Crippen molar-refractivity contribution in [2.24, 2.45) is 0 Å². The van der Waals surface area contributed by atoms with E-state index in [1.165, 1.54) is 22.3 Å². The van der Waals surface area contributed by atoms with Crippen LogP contribution < -0.4 is 5.73 Å². The van der Waals surface area contributed by atoms with Crippen LogP contribution in [-0.2, 0) is 4.79 Å². The van der Waals surface area contributed by atoms with Crippen molar-refractivity contribution < 1.29 is 14.7 Å². The summed E-state index contributed by atoms with van der Waals surface area (Å²) in [6.45, 7) is 3.33. The summed E-state index contributed by atoms with van der Waals surface area (Å²) in [6.07, 6.45) is 1.49. The van der Waals surface area contributed by atoms with Gasteiger partial charge in [-0.15, -0.1) is 6.58 Å². The van der Waals surface area contributed by atoms with Gasteiger partial charge in [-0.1, -0.05) is 17.4 Å². The summed E-state index contributed by atoms with van der Waals surface area (Å²) in [5.74, 6) is -1.43. The molecule has 0 saturated carbocycles. The Balaban J connectivity index is 2.32. The second kappa shape index (κ2) is 5.70. The predicted octanol–water partition coefficient (Wildman–Crippen LogP) is 1.59. The number of rotatable bonds is 5. The molecule has 0 fully saturated rings. The first-order chi connectivity index (χ1) is 9.51. The highest BCUT2D eigenvalue weighted by Gasteiger charge is 2.18. The Bertz CT molecular complexity index is 681. The fraction of sp³-hybridized carbons (Fsp3) is 0.154. The first-order valence-corrected chi connectivity index (χ1v) is 6.61. The van der Waals surface area contributed by atoms with Gasteiger partial charge in [-0.2, -0.15) is 0 Å². The molecule has 1 aromatic carbocycles. The van der Waals surface area contributed by atoms with Crippen molar-refractivity contribution in [2.45, 2.75) is 0 Å². The van der Waals surface area contributed by atoms with Crippen molar-refractivity contribution in [1.29, 1.82) is 0 Å². The maximum atomic E-state index is 12.3. The number of aromatic nitrogens is 1. The molecule has 104 valence electrons. The number of anilines is 1. The van der Waals surface area contributed by atoms with Crippen molar-refractivity contribution in [3.63, 3.8) is 0 Å². The monoisotopic (exact) mass is 291 g/mol. The van der Waals surface area contributed by atoms with E-state index < -0.39 is 5.97 Å². The molecule has 0 aliphatic heterocycles. The highest BCUT2D eigenvalue weighted by atomic mass is 32.1. The molecule has 0 aliphatic rings. The van der Waals surface area contributed by atoms with Gasteiger partial charge < -0.3 is 15.7 Å². The molecule has 0 aliphatic carbocycles. The van der Waals surface area contributed by atoms with Crippen LogP contribution in [0.25, 0.3) is 10.2 Å². The third-order valence-electron chi connectivity index (χ3n) is 2.61. The van der Waals surface area contributed by atoms with Gasteiger partial charge in [0.15, 0.2) is 5.13 Å². The highest BCUT2D eigenvalue weighted by Crippen LogP contribution is 2.25. The van der Waals surface area contributed by atoms with E-state index in [4.69, 9.17) is 10.8 Å². The number of nitrogens with zero attached hydrogens (tertiary/aromatic N) is 2. The van der Waals surface area contributed by atoms with E-state index in [0.29, 0.717) is 10.7 Å². The van der Waals surface area contributed by atoms with Gasteiger partial charge >= 0.3 is 5.97 Å². The minimum absolute atomic E-state index is 0.175. The van der Waals surface area contributed by atoms with E-state index in [-0.39, 0.29) is 19.0 Å². The molecular weight excluding hydrogens is 278 g/mol. The number of fused-ring (bicyclic) bond motifs is 1. The Kier molecular flexibility index (Phi) is 3.99. The van der Waals surface area contributed by atoms with E-state index in [9.17, 15) is 9.59 Å². The third kappa shape index (κ3) is 2.94. The van der Waals surface area contributed by atoms with E-state index in [1.54, 1.807) is 18.2 Å². The fourth-order valence-corrected chi connectivity index (χ4v) is 2.57. The normalized spacial score (nSPS) is 10.4. The molecule has 1 amide bonds. The van der Waals surface area contributed by atoms with Gasteiger partial charge in [0.2, 0.25) is 0 Å². The summed E-state index contributed by atoms with van der Waals surface area (Å²) >= 11 is 1.28. The zero-order chi connectivity index (χ0) is 14.7. The number of amides is 1. The average molecular weight is 291 g/mol. The molecular formula is C13H13N3O3S. The number of nitrogen functional groups attached to an aromatic ring is 1. The molecule has 1 heterocycles. The first-order valence-electron chi connectivity index (χ1n) is 5.79. The number of hydrogen-bond acceptors (Lipinski definition) is 5. The minimum Gasteiger partial charge on any atom is -0.480 e. The smallest absolute Gasteiger partial charge is 0.323 e. The zero-order valence-corrected chi connectivity index (χ0v) is 11.4. The first kappa shape index (κ1) is 14.0. The Morgan fingerprint density at radius 3 is 2.90 bits per heavy atom. The van der Waals surface area contributed by atoms with E-state index >= 15 is 0 Å². The molecule has 2 aromatic rings. The van der Waals surface area contributed by atoms with Crippen LogP contribution in [0, 0.1) is 0 Å². The maximum absolute atomic E-state index is 12.3. The number of nitrogens with two attached hydrogens (primary N) is 1. The molecule has 2 rings (SSSR count). The third-order valence-corrected chi connectivity index (χ3v) is 3.46. The van der Waals surface area contributed by atoms with Crippen LogP contribution in [0.15, 0.2) is 30.9 Å². The number of carboxylic acid groups (broad SMARTS) is 1. The van der Waals surface area contributed by atoms with Crippen molar-refractivity contribution in [1.82, 2.24) is 9.88 Å². The molecule has 0 radical (unpaired) electrons. The van der Waals surface area contributed by atoms with Gasteiger partial charge in [-0.3, -0.25) is 9.59 Å². The standard InChI is InChI=1S/C13H13N3O3S/c1-2-5-16(7-11(17)18)12(19)8-3-4-9-10(6-8)20-13(14)15-9/h2-4,6H,1,5,7H2,(H2,14,15)(H,17,18). The Labute approximate surface area is 119 Å². The van der Waals surface area contributed by atoms with Crippen LogP contribution in [0.1, 0.15) is 10.4 Å².